The second-order valence-electron chi connectivity index (χ2n) is 9.31. The zero-order valence-electron chi connectivity index (χ0n) is 19.8. The van der Waals surface area contributed by atoms with E-state index in [1.54, 1.807) is 11.1 Å². The van der Waals surface area contributed by atoms with E-state index in [1.807, 2.05) is 43.3 Å². The van der Waals surface area contributed by atoms with Crippen molar-refractivity contribution >= 4 is 34.6 Å². The Hall–Kier alpha value is -3.88. The molecule has 5 rings (SSSR count). The highest BCUT2D eigenvalue weighted by Gasteiger charge is 2.45. The van der Waals surface area contributed by atoms with Crippen LogP contribution in [-0.2, 0) is 31.1 Å². The molecule has 0 saturated carbocycles. The number of nitrogens with zero attached hydrogens (tertiary/aromatic N) is 2. The molecule has 0 radical (unpaired) electrons. The van der Waals surface area contributed by atoms with Crippen molar-refractivity contribution in [1.82, 2.24) is 15.1 Å². The highest BCUT2D eigenvalue weighted by atomic mass is 16.6. The molecule has 3 aromatic rings. The first-order valence-electron chi connectivity index (χ1n) is 11.8. The lowest BCUT2D eigenvalue weighted by molar-refractivity contribution is -0.150. The molecule has 3 heterocycles. The molecule has 182 valence electrons. The summed E-state index contributed by atoms with van der Waals surface area (Å²) in [6, 6.07) is 11.6. The van der Waals surface area contributed by atoms with Crippen LogP contribution in [0.2, 0.25) is 0 Å². The standard InChI is InChI=1S/C26H28N4O5/c1-16-11-17(13-19-15-27-29-23(16)19)12-18(24(32)34-2)14-22(31)30-9-7-26(8-10-30)20-5-3-4-6-21(20)28-25(33)35-26/h3-6,11,13,15,18H,7-10,12,14H2,1-2H3,(H,27,29)(H,28,33). The molecular formula is C26H28N4O5. The number of aromatic nitrogens is 2. The molecule has 35 heavy (non-hydrogen) atoms. The summed E-state index contributed by atoms with van der Waals surface area (Å²) in [6.07, 6.45) is 2.73. The Kier molecular flexibility index (Phi) is 5.92. The van der Waals surface area contributed by atoms with Crippen molar-refractivity contribution in [2.24, 2.45) is 5.92 Å². The van der Waals surface area contributed by atoms with Crippen LogP contribution in [0.15, 0.2) is 42.6 Å². The van der Waals surface area contributed by atoms with Gasteiger partial charge in [0.2, 0.25) is 5.91 Å². The minimum Gasteiger partial charge on any atom is -0.469 e. The van der Waals surface area contributed by atoms with Crippen LogP contribution < -0.4 is 5.32 Å². The third kappa shape index (κ3) is 4.34. The molecule has 0 aliphatic carbocycles. The summed E-state index contributed by atoms with van der Waals surface area (Å²) < 4.78 is 10.8. The molecular weight excluding hydrogens is 448 g/mol. The molecule has 2 N–H and O–H groups in total. The van der Waals surface area contributed by atoms with Gasteiger partial charge in [-0.05, 0) is 36.6 Å². The summed E-state index contributed by atoms with van der Waals surface area (Å²) in [6.45, 7) is 2.86. The average molecular weight is 477 g/mol. The fourth-order valence-electron chi connectivity index (χ4n) is 5.31. The molecule has 2 aliphatic rings. The molecule has 1 aromatic heterocycles. The quantitative estimate of drug-likeness (QED) is 0.543. The summed E-state index contributed by atoms with van der Waals surface area (Å²) in [7, 11) is 1.35. The molecule has 2 aliphatic heterocycles. The van der Waals surface area contributed by atoms with Gasteiger partial charge in [0, 0.05) is 43.3 Å². The number of methoxy groups -OCH3 is 1. The van der Waals surface area contributed by atoms with Crippen LogP contribution in [0, 0.1) is 12.8 Å². The Morgan fingerprint density at radius 1 is 1.23 bits per heavy atom. The number of para-hydroxylation sites is 1. The van der Waals surface area contributed by atoms with Crippen LogP contribution in [0.5, 0.6) is 0 Å². The second kappa shape index (κ2) is 9.05. The van der Waals surface area contributed by atoms with Gasteiger partial charge in [-0.25, -0.2) is 4.79 Å². The lowest BCUT2D eigenvalue weighted by Crippen LogP contribution is -2.50. The summed E-state index contributed by atoms with van der Waals surface area (Å²) in [5, 5.41) is 10.8. The van der Waals surface area contributed by atoms with Crippen LogP contribution in [0.25, 0.3) is 10.9 Å². The highest BCUT2D eigenvalue weighted by molar-refractivity contribution is 5.89. The van der Waals surface area contributed by atoms with Gasteiger partial charge in [0.25, 0.3) is 0 Å². The molecule has 2 amide bonds. The van der Waals surface area contributed by atoms with Gasteiger partial charge in [-0.15, -0.1) is 0 Å². The van der Waals surface area contributed by atoms with Gasteiger partial charge in [-0.3, -0.25) is 20.0 Å². The molecule has 2 aromatic carbocycles. The molecule has 9 heteroatoms. The Balaban J connectivity index is 1.28. The fraction of sp³-hybridized carbons (Fsp3) is 0.385. The number of piperidine rings is 1. The van der Waals surface area contributed by atoms with Crippen LogP contribution in [0.1, 0.15) is 36.0 Å². The van der Waals surface area contributed by atoms with E-state index in [0.29, 0.717) is 32.4 Å². The van der Waals surface area contributed by atoms with E-state index >= 15 is 0 Å². The molecule has 1 spiro atoms. The molecule has 1 atom stereocenters. The number of aromatic amines is 1. The number of rotatable bonds is 5. The number of carbonyl (C=O) groups is 3. The number of H-pyrrole nitrogens is 1. The van der Waals surface area contributed by atoms with Crippen molar-refractivity contribution in [3.63, 3.8) is 0 Å². The lowest BCUT2D eigenvalue weighted by Gasteiger charge is -2.44. The van der Waals surface area contributed by atoms with Crippen molar-refractivity contribution in [1.29, 1.82) is 0 Å². The molecule has 1 saturated heterocycles. The van der Waals surface area contributed by atoms with E-state index in [2.05, 4.69) is 15.5 Å². The number of benzene rings is 2. The van der Waals surface area contributed by atoms with E-state index in [1.165, 1.54) is 7.11 Å². The van der Waals surface area contributed by atoms with E-state index in [9.17, 15) is 14.4 Å². The topological polar surface area (TPSA) is 114 Å². The average Bonchev–Trinajstić information content (AvgIpc) is 3.33. The van der Waals surface area contributed by atoms with Crippen molar-refractivity contribution in [2.75, 3.05) is 25.5 Å². The first-order chi connectivity index (χ1) is 16.9. The number of fused-ring (bicyclic) bond motifs is 3. The van der Waals surface area contributed by atoms with Gasteiger partial charge in [0.15, 0.2) is 0 Å². The Bertz CT molecular complexity index is 1290. The predicted octanol–water partition coefficient (Wildman–Crippen LogP) is 3.67. The first kappa shape index (κ1) is 22.9. The van der Waals surface area contributed by atoms with E-state index in [4.69, 9.17) is 9.47 Å². The largest absolute Gasteiger partial charge is 0.469 e. The SMILES string of the molecule is COC(=O)C(CC(=O)N1CCC2(CC1)OC(=O)Nc1ccccc12)Cc1cc(C)c2[nH]ncc2c1. The minimum absolute atomic E-state index is 0.0556. The van der Waals surface area contributed by atoms with Crippen LogP contribution in [0.4, 0.5) is 10.5 Å². The molecule has 0 bridgehead atoms. The van der Waals surface area contributed by atoms with Crippen molar-refractivity contribution in [3.8, 4) is 0 Å². The monoisotopic (exact) mass is 476 g/mol. The van der Waals surface area contributed by atoms with Gasteiger partial charge in [0.1, 0.15) is 5.60 Å². The van der Waals surface area contributed by atoms with Gasteiger partial charge in [0.05, 0.1) is 30.4 Å². The number of esters is 1. The number of nitrogens with one attached hydrogen (secondary N) is 2. The highest BCUT2D eigenvalue weighted by Crippen LogP contribution is 2.43. The molecule has 1 fully saturated rings. The summed E-state index contributed by atoms with van der Waals surface area (Å²) >= 11 is 0. The zero-order chi connectivity index (χ0) is 24.6. The van der Waals surface area contributed by atoms with E-state index < -0.39 is 23.6 Å². The summed E-state index contributed by atoms with van der Waals surface area (Å²) in [5.74, 6) is -1.10. The third-order valence-electron chi connectivity index (χ3n) is 7.11. The maximum atomic E-state index is 13.2. The Labute approximate surface area is 202 Å². The molecule has 1 unspecified atom stereocenters. The molecule has 9 nitrogen and oxygen atoms in total. The number of likely N-dealkylation sites (tertiary alicyclic amines) is 1. The van der Waals surface area contributed by atoms with Gasteiger partial charge >= 0.3 is 12.1 Å². The number of amides is 2. The van der Waals surface area contributed by atoms with Crippen LogP contribution >= 0.6 is 0 Å². The minimum atomic E-state index is -0.741. The number of aryl methyl sites for hydroxylation is 1. The smallest absolute Gasteiger partial charge is 0.412 e. The van der Waals surface area contributed by atoms with Gasteiger partial charge in [-0.1, -0.05) is 24.3 Å². The summed E-state index contributed by atoms with van der Waals surface area (Å²) in [4.78, 5) is 39.7. The fourth-order valence-corrected chi connectivity index (χ4v) is 5.31. The number of anilines is 1. The number of hydrogen-bond donors (Lipinski definition) is 2. The van der Waals surface area contributed by atoms with Gasteiger partial charge in [-0.2, -0.15) is 5.10 Å². The maximum Gasteiger partial charge on any atom is 0.412 e. The summed E-state index contributed by atoms with van der Waals surface area (Å²) in [5.41, 5.74) is 3.89. The zero-order valence-corrected chi connectivity index (χ0v) is 19.8. The number of carbonyl (C=O) groups excluding carboxylic acids is 3. The van der Waals surface area contributed by atoms with Crippen LogP contribution in [0.3, 0.4) is 0 Å². The van der Waals surface area contributed by atoms with Crippen molar-refractivity contribution in [2.45, 2.75) is 38.2 Å². The first-order valence-corrected chi connectivity index (χ1v) is 11.8. The lowest BCUT2D eigenvalue weighted by atomic mass is 9.82. The van der Waals surface area contributed by atoms with Gasteiger partial charge < -0.3 is 14.4 Å². The third-order valence-corrected chi connectivity index (χ3v) is 7.11. The normalized spacial score (nSPS) is 17.4. The van der Waals surface area contributed by atoms with Crippen LogP contribution in [-0.4, -0.2) is 53.3 Å². The predicted molar refractivity (Wildman–Crippen MR) is 129 cm³/mol. The second-order valence-corrected chi connectivity index (χ2v) is 9.31. The van der Waals surface area contributed by atoms with E-state index in [-0.39, 0.29) is 12.3 Å². The number of ether oxygens (including phenoxy) is 2. The maximum absolute atomic E-state index is 13.2. The number of hydrogen-bond acceptors (Lipinski definition) is 6. The van der Waals surface area contributed by atoms with E-state index in [0.717, 1.165) is 33.3 Å². The van der Waals surface area contributed by atoms with Crippen molar-refractivity contribution < 1.29 is 23.9 Å². The Morgan fingerprint density at radius 3 is 2.77 bits per heavy atom. The van der Waals surface area contributed by atoms with Crippen molar-refractivity contribution in [3.05, 3.63) is 59.3 Å². The Morgan fingerprint density at radius 2 is 2.00 bits per heavy atom.